The van der Waals surface area contributed by atoms with Gasteiger partial charge in [0.15, 0.2) is 0 Å². The maximum Gasteiger partial charge on any atom is 0.227 e. The third-order valence-corrected chi connectivity index (χ3v) is 3.74. The Labute approximate surface area is 119 Å². The topological polar surface area (TPSA) is 53.6 Å². The van der Waals surface area contributed by atoms with Crippen molar-refractivity contribution in [3.05, 3.63) is 23.8 Å². The standard InChI is InChI=1S/C15H21N3O2/c19-15-4-9-20-14-3-2-12(10-13(14)17-15)11-18-7-1-5-16-6-8-18/h2-3,10,16H,1,4-9,11H2,(H,17,19). The van der Waals surface area contributed by atoms with Crippen molar-refractivity contribution < 1.29 is 9.53 Å². The Bertz CT molecular complexity index is 482. The summed E-state index contributed by atoms with van der Waals surface area (Å²) in [5.74, 6) is 0.803. The first-order valence-corrected chi connectivity index (χ1v) is 7.30. The van der Waals surface area contributed by atoms with Crippen molar-refractivity contribution in [2.24, 2.45) is 0 Å². The molecule has 5 nitrogen and oxygen atoms in total. The number of hydrogen-bond donors (Lipinski definition) is 2. The Morgan fingerprint density at radius 3 is 3.15 bits per heavy atom. The van der Waals surface area contributed by atoms with Gasteiger partial charge >= 0.3 is 0 Å². The summed E-state index contributed by atoms with van der Waals surface area (Å²) in [4.78, 5) is 14.0. The van der Waals surface area contributed by atoms with E-state index in [9.17, 15) is 4.79 Å². The number of hydrogen-bond acceptors (Lipinski definition) is 4. The van der Waals surface area contributed by atoms with Crippen molar-refractivity contribution in [3.63, 3.8) is 0 Å². The van der Waals surface area contributed by atoms with Gasteiger partial charge in [-0.05, 0) is 37.2 Å². The summed E-state index contributed by atoms with van der Waals surface area (Å²) in [6, 6.07) is 6.10. The van der Waals surface area contributed by atoms with E-state index in [2.05, 4.69) is 21.6 Å². The van der Waals surface area contributed by atoms with Gasteiger partial charge in [-0.25, -0.2) is 0 Å². The van der Waals surface area contributed by atoms with Gasteiger partial charge < -0.3 is 15.4 Å². The average molecular weight is 275 g/mol. The molecule has 0 saturated carbocycles. The lowest BCUT2D eigenvalue weighted by molar-refractivity contribution is -0.116. The van der Waals surface area contributed by atoms with E-state index in [0.717, 1.165) is 44.2 Å². The molecule has 2 aliphatic heterocycles. The molecule has 2 aliphatic rings. The number of carbonyl (C=O) groups excluding carboxylic acids is 1. The van der Waals surface area contributed by atoms with E-state index in [-0.39, 0.29) is 5.91 Å². The third-order valence-electron chi connectivity index (χ3n) is 3.74. The zero-order chi connectivity index (χ0) is 13.8. The summed E-state index contributed by atoms with van der Waals surface area (Å²) in [6.07, 6.45) is 1.60. The normalized spacial score (nSPS) is 20.3. The molecular weight excluding hydrogens is 254 g/mol. The lowest BCUT2D eigenvalue weighted by Crippen LogP contribution is -2.27. The SMILES string of the molecule is O=C1CCOc2ccc(CN3CCCNCC3)cc2N1. The number of rotatable bonds is 2. The second kappa shape index (κ2) is 6.24. The van der Waals surface area contributed by atoms with Gasteiger partial charge in [-0.1, -0.05) is 6.07 Å². The zero-order valence-corrected chi connectivity index (χ0v) is 11.7. The van der Waals surface area contributed by atoms with Crippen molar-refractivity contribution in [2.45, 2.75) is 19.4 Å². The number of carbonyl (C=O) groups is 1. The molecule has 20 heavy (non-hydrogen) atoms. The number of nitrogens with zero attached hydrogens (tertiary/aromatic N) is 1. The predicted molar refractivity (Wildman–Crippen MR) is 77.9 cm³/mol. The Balaban J connectivity index is 1.72. The second-order valence-corrected chi connectivity index (χ2v) is 5.36. The first kappa shape index (κ1) is 13.4. The Morgan fingerprint density at radius 2 is 2.20 bits per heavy atom. The Hall–Kier alpha value is -1.59. The van der Waals surface area contributed by atoms with Crippen LogP contribution in [0.3, 0.4) is 0 Å². The van der Waals surface area contributed by atoms with Crippen molar-refractivity contribution >= 4 is 11.6 Å². The molecule has 3 rings (SSSR count). The quantitative estimate of drug-likeness (QED) is 0.851. The maximum absolute atomic E-state index is 11.6. The molecule has 1 aromatic carbocycles. The highest BCUT2D eigenvalue weighted by molar-refractivity contribution is 5.93. The highest BCUT2D eigenvalue weighted by atomic mass is 16.5. The molecule has 0 atom stereocenters. The molecule has 108 valence electrons. The molecule has 0 aliphatic carbocycles. The zero-order valence-electron chi connectivity index (χ0n) is 11.7. The summed E-state index contributed by atoms with van der Waals surface area (Å²) < 4.78 is 5.58. The van der Waals surface area contributed by atoms with Gasteiger partial charge in [0.1, 0.15) is 5.75 Å². The van der Waals surface area contributed by atoms with Crippen molar-refractivity contribution in [1.29, 1.82) is 0 Å². The smallest absolute Gasteiger partial charge is 0.227 e. The molecule has 2 heterocycles. The summed E-state index contributed by atoms with van der Waals surface area (Å²) in [6.45, 7) is 5.71. The predicted octanol–water partition coefficient (Wildman–Crippen LogP) is 1.20. The minimum absolute atomic E-state index is 0.0277. The van der Waals surface area contributed by atoms with Crippen LogP contribution in [-0.2, 0) is 11.3 Å². The van der Waals surface area contributed by atoms with E-state index < -0.39 is 0 Å². The molecule has 0 aromatic heterocycles. The first-order chi connectivity index (χ1) is 9.81. The van der Waals surface area contributed by atoms with E-state index in [1.165, 1.54) is 12.0 Å². The molecule has 1 amide bonds. The van der Waals surface area contributed by atoms with Crippen LogP contribution >= 0.6 is 0 Å². The molecule has 0 radical (unpaired) electrons. The summed E-state index contributed by atoms with van der Waals surface area (Å²) >= 11 is 0. The van der Waals surface area contributed by atoms with Crippen LogP contribution < -0.4 is 15.4 Å². The summed E-state index contributed by atoms with van der Waals surface area (Å²) in [5, 5.41) is 6.33. The van der Waals surface area contributed by atoms with Crippen molar-refractivity contribution in [3.8, 4) is 5.75 Å². The number of benzene rings is 1. The lowest BCUT2D eigenvalue weighted by atomic mass is 10.1. The van der Waals surface area contributed by atoms with E-state index in [1.807, 2.05) is 12.1 Å². The molecule has 1 fully saturated rings. The van der Waals surface area contributed by atoms with E-state index in [0.29, 0.717) is 13.0 Å². The number of amides is 1. The van der Waals surface area contributed by atoms with Gasteiger partial charge in [-0.15, -0.1) is 0 Å². The van der Waals surface area contributed by atoms with Gasteiger partial charge in [0.2, 0.25) is 5.91 Å². The lowest BCUT2D eigenvalue weighted by Gasteiger charge is -2.20. The van der Waals surface area contributed by atoms with Gasteiger partial charge in [0.05, 0.1) is 18.7 Å². The average Bonchev–Trinajstić information content (AvgIpc) is 2.78. The third kappa shape index (κ3) is 3.29. The molecule has 1 saturated heterocycles. The van der Waals surface area contributed by atoms with Crippen LogP contribution in [0.1, 0.15) is 18.4 Å². The van der Waals surface area contributed by atoms with Crippen LogP contribution in [0.15, 0.2) is 18.2 Å². The fraction of sp³-hybridized carbons (Fsp3) is 0.533. The van der Waals surface area contributed by atoms with Gasteiger partial charge in [0, 0.05) is 19.6 Å². The van der Waals surface area contributed by atoms with Crippen molar-refractivity contribution in [2.75, 3.05) is 38.1 Å². The molecule has 1 aromatic rings. The van der Waals surface area contributed by atoms with Crippen LogP contribution in [0.4, 0.5) is 5.69 Å². The minimum Gasteiger partial charge on any atom is -0.491 e. The molecule has 5 heteroatoms. The van der Waals surface area contributed by atoms with Gasteiger partial charge in [-0.3, -0.25) is 9.69 Å². The highest BCUT2D eigenvalue weighted by Gasteiger charge is 2.15. The second-order valence-electron chi connectivity index (χ2n) is 5.36. The fourth-order valence-electron chi connectivity index (χ4n) is 2.68. The molecule has 0 spiro atoms. The fourth-order valence-corrected chi connectivity index (χ4v) is 2.68. The Kier molecular flexibility index (Phi) is 4.18. The molecule has 2 N–H and O–H groups in total. The van der Waals surface area contributed by atoms with E-state index in [1.54, 1.807) is 0 Å². The number of fused-ring (bicyclic) bond motifs is 1. The summed E-state index contributed by atoms with van der Waals surface area (Å²) in [7, 11) is 0. The van der Waals surface area contributed by atoms with Gasteiger partial charge in [0.25, 0.3) is 0 Å². The van der Waals surface area contributed by atoms with E-state index in [4.69, 9.17) is 4.74 Å². The first-order valence-electron chi connectivity index (χ1n) is 7.30. The van der Waals surface area contributed by atoms with E-state index >= 15 is 0 Å². The maximum atomic E-state index is 11.6. The number of nitrogens with one attached hydrogen (secondary N) is 2. The van der Waals surface area contributed by atoms with Crippen LogP contribution in [-0.4, -0.2) is 43.6 Å². The monoisotopic (exact) mass is 275 g/mol. The highest BCUT2D eigenvalue weighted by Crippen LogP contribution is 2.28. The number of anilines is 1. The van der Waals surface area contributed by atoms with Crippen LogP contribution in [0.2, 0.25) is 0 Å². The Morgan fingerprint density at radius 1 is 1.25 bits per heavy atom. The largest absolute Gasteiger partial charge is 0.491 e. The number of ether oxygens (including phenoxy) is 1. The van der Waals surface area contributed by atoms with Crippen LogP contribution in [0.25, 0.3) is 0 Å². The van der Waals surface area contributed by atoms with Crippen LogP contribution in [0, 0.1) is 0 Å². The van der Waals surface area contributed by atoms with Crippen LogP contribution in [0.5, 0.6) is 5.75 Å². The minimum atomic E-state index is 0.0277. The molecule has 0 bridgehead atoms. The summed E-state index contributed by atoms with van der Waals surface area (Å²) in [5.41, 5.74) is 2.02. The molecular formula is C15H21N3O2. The van der Waals surface area contributed by atoms with Gasteiger partial charge in [-0.2, -0.15) is 0 Å². The van der Waals surface area contributed by atoms with Crippen molar-refractivity contribution in [1.82, 2.24) is 10.2 Å². The molecule has 0 unspecified atom stereocenters.